The Labute approximate surface area is 147 Å². The molecule has 10 heteroatoms. The van der Waals surface area contributed by atoms with E-state index in [4.69, 9.17) is 4.74 Å². The van der Waals surface area contributed by atoms with Crippen LogP contribution < -0.4 is 0 Å². The average molecular weight is 421 g/mol. The van der Waals surface area contributed by atoms with Crippen molar-refractivity contribution in [1.82, 2.24) is 19.1 Å². The summed E-state index contributed by atoms with van der Waals surface area (Å²) in [4.78, 5) is 0. The fraction of sp³-hybridized carbons (Fsp3) is 0.538. The highest BCUT2D eigenvalue weighted by atomic mass is 79.9. The largest absolute Gasteiger partial charge is 0.377 e. The SMILES string of the molecule is COCc1nncn1C1CCN(S(=O)(=O)c2ccc(Br)s2)CC1. The fourth-order valence-electron chi connectivity index (χ4n) is 2.73. The van der Waals surface area contributed by atoms with Gasteiger partial charge in [0.25, 0.3) is 10.0 Å². The van der Waals surface area contributed by atoms with E-state index in [9.17, 15) is 8.42 Å². The molecule has 0 spiro atoms. The van der Waals surface area contributed by atoms with Crippen LogP contribution in [-0.4, -0.2) is 47.7 Å². The van der Waals surface area contributed by atoms with Gasteiger partial charge in [-0.25, -0.2) is 8.42 Å². The number of halogens is 1. The summed E-state index contributed by atoms with van der Waals surface area (Å²) in [6, 6.07) is 3.61. The molecule has 7 nitrogen and oxygen atoms in total. The summed E-state index contributed by atoms with van der Waals surface area (Å²) >= 11 is 4.55. The molecule has 2 aromatic heterocycles. The number of methoxy groups -OCH3 is 1. The summed E-state index contributed by atoms with van der Waals surface area (Å²) in [6.07, 6.45) is 3.17. The Morgan fingerprint density at radius 3 is 2.74 bits per heavy atom. The molecule has 1 fully saturated rings. The van der Waals surface area contributed by atoms with E-state index in [-0.39, 0.29) is 6.04 Å². The molecule has 0 unspecified atom stereocenters. The molecule has 0 bridgehead atoms. The van der Waals surface area contributed by atoms with Crippen molar-refractivity contribution >= 4 is 37.3 Å². The molecular weight excluding hydrogens is 404 g/mol. The monoisotopic (exact) mass is 420 g/mol. The maximum Gasteiger partial charge on any atom is 0.252 e. The predicted molar refractivity (Wildman–Crippen MR) is 89.8 cm³/mol. The molecule has 0 saturated carbocycles. The molecule has 0 radical (unpaired) electrons. The molecule has 0 aromatic carbocycles. The van der Waals surface area contributed by atoms with Gasteiger partial charge in [0.2, 0.25) is 0 Å². The molecule has 1 aliphatic rings. The second-order valence-electron chi connectivity index (χ2n) is 5.28. The van der Waals surface area contributed by atoms with Crippen molar-refractivity contribution in [2.75, 3.05) is 20.2 Å². The molecule has 23 heavy (non-hydrogen) atoms. The molecule has 0 N–H and O–H groups in total. The lowest BCUT2D eigenvalue weighted by molar-refractivity contribution is 0.167. The molecule has 0 aliphatic carbocycles. The Bertz CT molecular complexity index is 766. The van der Waals surface area contributed by atoms with Crippen LogP contribution in [0, 0.1) is 0 Å². The first-order chi connectivity index (χ1) is 11.0. The highest BCUT2D eigenvalue weighted by molar-refractivity contribution is 9.11. The number of piperidine rings is 1. The maximum atomic E-state index is 12.6. The van der Waals surface area contributed by atoms with Crippen LogP contribution in [0.25, 0.3) is 0 Å². The van der Waals surface area contributed by atoms with E-state index in [2.05, 4.69) is 26.1 Å². The quantitative estimate of drug-likeness (QED) is 0.741. The standard InChI is InChI=1S/C13H17BrN4O3S2/c1-21-8-12-16-15-9-18(12)10-4-6-17(7-5-10)23(19,20)13-3-2-11(14)22-13/h2-3,9-10H,4-8H2,1H3. The molecule has 1 aliphatic heterocycles. The number of aromatic nitrogens is 3. The molecule has 2 aromatic rings. The zero-order chi connectivity index (χ0) is 16.4. The Morgan fingerprint density at radius 2 is 2.13 bits per heavy atom. The van der Waals surface area contributed by atoms with Crippen LogP contribution in [-0.2, 0) is 21.4 Å². The highest BCUT2D eigenvalue weighted by Gasteiger charge is 2.31. The van der Waals surface area contributed by atoms with Crippen molar-refractivity contribution in [2.24, 2.45) is 0 Å². The number of ether oxygens (including phenoxy) is 1. The van der Waals surface area contributed by atoms with Crippen LogP contribution in [0.3, 0.4) is 0 Å². The third kappa shape index (κ3) is 3.50. The average Bonchev–Trinajstić information content (AvgIpc) is 3.17. The summed E-state index contributed by atoms with van der Waals surface area (Å²) in [6.45, 7) is 1.39. The number of rotatable bonds is 5. The Hall–Kier alpha value is -0.810. The highest BCUT2D eigenvalue weighted by Crippen LogP contribution is 2.32. The molecule has 0 atom stereocenters. The van der Waals surface area contributed by atoms with Crippen LogP contribution in [0.2, 0.25) is 0 Å². The van der Waals surface area contributed by atoms with Gasteiger partial charge >= 0.3 is 0 Å². The van der Waals surface area contributed by atoms with Crippen molar-refractivity contribution in [3.63, 3.8) is 0 Å². The predicted octanol–water partition coefficient (Wildman–Crippen LogP) is 2.27. The first-order valence-electron chi connectivity index (χ1n) is 7.15. The second kappa shape index (κ2) is 6.98. The van der Waals surface area contributed by atoms with E-state index >= 15 is 0 Å². The molecule has 126 valence electrons. The van der Waals surface area contributed by atoms with Crippen molar-refractivity contribution in [3.8, 4) is 0 Å². The van der Waals surface area contributed by atoms with Crippen molar-refractivity contribution < 1.29 is 13.2 Å². The van der Waals surface area contributed by atoms with E-state index in [1.165, 1.54) is 11.3 Å². The summed E-state index contributed by atoms with van der Waals surface area (Å²) in [7, 11) is -1.78. The van der Waals surface area contributed by atoms with Gasteiger partial charge < -0.3 is 9.30 Å². The van der Waals surface area contributed by atoms with Gasteiger partial charge in [0.05, 0.1) is 3.79 Å². The van der Waals surface area contributed by atoms with Crippen LogP contribution >= 0.6 is 27.3 Å². The molecule has 3 heterocycles. The summed E-state index contributed by atoms with van der Waals surface area (Å²) in [5.74, 6) is 0.774. The first-order valence-corrected chi connectivity index (χ1v) is 10.2. The molecule has 1 saturated heterocycles. The van der Waals surface area contributed by atoms with E-state index in [1.807, 2.05) is 4.57 Å². The smallest absolute Gasteiger partial charge is 0.252 e. The van der Waals surface area contributed by atoms with Crippen molar-refractivity contribution in [2.45, 2.75) is 29.7 Å². The third-order valence-electron chi connectivity index (χ3n) is 3.88. The normalized spacial score (nSPS) is 17.7. The van der Waals surface area contributed by atoms with Gasteiger partial charge in [0.1, 0.15) is 17.1 Å². The third-order valence-corrected chi connectivity index (χ3v) is 7.87. The minimum Gasteiger partial charge on any atom is -0.377 e. The topological polar surface area (TPSA) is 77.3 Å². The number of thiophene rings is 1. The number of hydrogen-bond donors (Lipinski definition) is 0. The van der Waals surface area contributed by atoms with Gasteiger partial charge in [-0.3, -0.25) is 0 Å². The van der Waals surface area contributed by atoms with Gasteiger partial charge in [-0.1, -0.05) is 0 Å². The van der Waals surface area contributed by atoms with Gasteiger partial charge in [0, 0.05) is 26.2 Å². The fourth-order valence-corrected chi connectivity index (χ4v) is 6.36. The lowest BCUT2D eigenvalue weighted by Gasteiger charge is -2.31. The summed E-state index contributed by atoms with van der Waals surface area (Å²) in [5.41, 5.74) is 0. The maximum absolute atomic E-state index is 12.6. The minimum atomic E-state index is -3.40. The summed E-state index contributed by atoms with van der Waals surface area (Å²) in [5, 5.41) is 7.98. The van der Waals surface area contributed by atoms with E-state index in [0.29, 0.717) is 23.9 Å². The lowest BCUT2D eigenvalue weighted by Crippen LogP contribution is -2.38. The number of hydrogen-bond acceptors (Lipinski definition) is 6. The zero-order valence-electron chi connectivity index (χ0n) is 12.6. The van der Waals surface area contributed by atoms with Crippen LogP contribution in [0.1, 0.15) is 24.7 Å². The molecule has 3 rings (SSSR count). The lowest BCUT2D eigenvalue weighted by atomic mass is 10.1. The van der Waals surface area contributed by atoms with Crippen molar-refractivity contribution in [1.29, 1.82) is 0 Å². The van der Waals surface area contributed by atoms with E-state index < -0.39 is 10.0 Å². The van der Waals surface area contributed by atoms with E-state index in [0.717, 1.165) is 22.5 Å². The van der Waals surface area contributed by atoms with Crippen molar-refractivity contribution in [3.05, 3.63) is 28.1 Å². The molecule has 0 amide bonds. The van der Waals surface area contributed by atoms with Gasteiger partial charge in [-0.15, -0.1) is 21.5 Å². The first kappa shape index (κ1) is 17.0. The second-order valence-corrected chi connectivity index (χ2v) is 9.91. The van der Waals surface area contributed by atoms with Crippen LogP contribution in [0.15, 0.2) is 26.5 Å². The zero-order valence-corrected chi connectivity index (χ0v) is 15.8. The Balaban J connectivity index is 1.70. The van der Waals surface area contributed by atoms with Gasteiger partial charge in [-0.05, 0) is 40.9 Å². The van der Waals surface area contributed by atoms with Gasteiger partial charge in [0.15, 0.2) is 5.82 Å². The van der Waals surface area contributed by atoms with Crippen LogP contribution in [0.4, 0.5) is 0 Å². The molecular formula is C13H17BrN4O3S2. The van der Waals surface area contributed by atoms with E-state index in [1.54, 1.807) is 29.9 Å². The Morgan fingerprint density at radius 1 is 1.39 bits per heavy atom. The minimum absolute atomic E-state index is 0.205. The number of sulfonamides is 1. The Kier molecular flexibility index (Phi) is 5.16. The number of nitrogens with zero attached hydrogens (tertiary/aromatic N) is 4. The van der Waals surface area contributed by atoms with Crippen LogP contribution in [0.5, 0.6) is 0 Å². The summed E-state index contributed by atoms with van der Waals surface area (Å²) < 4.78 is 35.1. The van der Waals surface area contributed by atoms with Gasteiger partial charge in [-0.2, -0.15) is 4.31 Å².